The normalized spacial score (nSPS) is 26.4. The van der Waals surface area contributed by atoms with E-state index in [1.807, 2.05) is 11.0 Å². The number of amides is 1. The number of aromatic amines is 1. The molecule has 1 aliphatic carbocycles. The van der Waals surface area contributed by atoms with Crippen LogP contribution in [0.3, 0.4) is 0 Å². The first-order valence-electron chi connectivity index (χ1n) is 10.8. The van der Waals surface area contributed by atoms with Gasteiger partial charge in [-0.1, -0.05) is 24.3 Å². The highest BCUT2D eigenvalue weighted by molar-refractivity contribution is 5.94. The highest BCUT2D eigenvalue weighted by Gasteiger charge is 2.47. The Hall–Kier alpha value is -2.40. The van der Waals surface area contributed by atoms with Crippen LogP contribution in [0.4, 0.5) is 0 Å². The van der Waals surface area contributed by atoms with Crippen molar-refractivity contribution in [1.29, 1.82) is 0 Å². The van der Waals surface area contributed by atoms with E-state index in [1.54, 1.807) is 0 Å². The van der Waals surface area contributed by atoms with E-state index >= 15 is 0 Å². The van der Waals surface area contributed by atoms with Crippen molar-refractivity contribution < 1.29 is 4.79 Å². The van der Waals surface area contributed by atoms with Crippen LogP contribution in [0.1, 0.15) is 51.6 Å². The Morgan fingerprint density at radius 1 is 1.10 bits per heavy atom. The summed E-state index contributed by atoms with van der Waals surface area (Å²) >= 11 is 0. The third-order valence-corrected chi connectivity index (χ3v) is 7.26. The maximum Gasteiger partial charge on any atom is 0.261 e. The van der Waals surface area contributed by atoms with Crippen LogP contribution in [-0.4, -0.2) is 47.4 Å². The number of nitrogens with one attached hydrogen (secondary N) is 1. The molecule has 2 aliphatic heterocycles. The Kier molecular flexibility index (Phi) is 4.58. The number of rotatable bonds is 2. The Labute approximate surface area is 171 Å². The summed E-state index contributed by atoms with van der Waals surface area (Å²) in [7, 11) is 2.19. The van der Waals surface area contributed by atoms with Crippen LogP contribution in [0, 0.1) is 18.8 Å². The number of aryl methyl sites for hydroxylation is 3. The lowest BCUT2D eigenvalue weighted by atomic mass is 9.88. The van der Waals surface area contributed by atoms with E-state index in [0.717, 1.165) is 56.6 Å². The topological polar surface area (TPSA) is 56.4 Å². The molecule has 152 valence electrons. The van der Waals surface area contributed by atoms with Crippen LogP contribution >= 0.6 is 0 Å². The maximum atomic E-state index is 13.3. The number of carbonyl (C=O) groups excluding carboxylic acids is 1. The fourth-order valence-electron chi connectivity index (χ4n) is 5.81. The van der Waals surface area contributed by atoms with Gasteiger partial charge < -0.3 is 9.88 Å². The highest BCUT2D eigenvalue weighted by atomic mass is 16.2. The van der Waals surface area contributed by atoms with Crippen molar-refractivity contribution in [3.8, 4) is 0 Å². The summed E-state index contributed by atoms with van der Waals surface area (Å²) < 4.78 is 0. The molecule has 0 radical (unpaired) electrons. The summed E-state index contributed by atoms with van der Waals surface area (Å²) in [5.74, 6) is 0.784. The molecule has 1 aromatic heterocycles. The minimum atomic E-state index is -0.222. The molecule has 0 unspecified atom stereocenters. The Balaban J connectivity index is 1.40. The van der Waals surface area contributed by atoms with Gasteiger partial charge in [0.1, 0.15) is 5.56 Å². The van der Waals surface area contributed by atoms with Gasteiger partial charge in [0.2, 0.25) is 0 Å². The first-order chi connectivity index (χ1) is 14.0. The summed E-state index contributed by atoms with van der Waals surface area (Å²) in [6, 6.07) is 10.8. The second-order valence-electron chi connectivity index (χ2n) is 9.10. The molecule has 3 aliphatic rings. The molecule has 0 saturated carbocycles. The number of fused-ring (bicyclic) bond motifs is 2. The molecule has 2 fully saturated rings. The molecule has 29 heavy (non-hydrogen) atoms. The van der Waals surface area contributed by atoms with Crippen molar-refractivity contribution in [3.05, 3.63) is 68.6 Å². The standard InChI is InChI=1S/C24H29N3O2/c1-15-7-3-5-9-18(15)22-20-14-27(13-17(20)12-26(22)2)24(29)19-11-16-8-4-6-10-21(16)25-23(19)28/h3,5,7,9,11,17,20,22H,4,6,8,10,12-14H2,1-2H3,(H,25,28)/t17-,20+,22-/m0/s1. The Bertz CT molecular complexity index is 1010. The lowest BCUT2D eigenvalue weighted by molar-refractivity contribution is 0.0766. The molecule has 3 atom stereocenters. The minimum absolute atomic E-state index is 0.0970. The van der Waals surface area contributed by atoms with Gasteiger partial charge in [-0.2, -0.15) is 0 Å². The number of pyridine rings is 1. The SMILES string of the molecule is Cc1ccccc1[C@H]1[C@@H]2CN(C(=O)c3cc4c([nH]c3=O)CCCC4)C[C@@H]2CN1C. The van der Waals surface area contributed by atoms with Gasteiger partial charge in [-0.3, -0.25) is 14.5 Å². The molecular weight excluding hydrogens is 362 g/mol. The predicted molar refractivity (Wildman–Crippen MR) is 113 cm³/mol. The number of H-pyrrole nitrogens is 1. The number of nitrogens with zero attached hydrogens (tertiary/aromatic N) is 2. The van der Waals surface area contributed by atoms with E-state index in [2.05, 4.69) is 48.1 Å². The van der Waals surface area contributed by atoms with Crippen LogP contribution in [0.25, 0.3) is 0 Å². The smallest absolute Gasteiger partial charge is 0.261 e. The second-order valence-corrected chi connectivity index (χ2v) is 9.10. The van der Waals surface area contributed by atoms with Crippen molar-refractivity contribution in [2.75, 3.05) is 26.7 Å². The van der Waals surface area contributed by atoms with Gasteiger partial charge in [-0.15, -0.1) is 0 Å². The third-order valence-electron chi connectivity index (χ3n) is 7.26. The zero-order valence-electron chi connectivity index (χ0n) is 17.3. The average Bonchev–Trinajstić information content (AvgIpc) is 3.24. The van der Waals surface area contributed by atoms with Crippen LogP contribution in [0.2, 0.25) is 0 Å². The molecule has 1 aromatic carbocycles. The molecule has 3 heterocycles. The molecule has 5 heteroatoms. The third kappa shape index (κ3) is 3.12. The summed E-state index contributed by atoms with van der Waals surface area (Å²) in [5, 5.41) is 0. The van der Waals surface area contributed by atoms with Crippen LogP contribution in [0.5, 0.6) is 0 Å². The molecule has 1 N–H and O–H groups in total. The summed E-state index contributed by atoms with van der Waals surface area (Å²) in [6.07, 6.45) is 4.11. The van der Waals surface area contributed by atoms with E-state index in [4.69, 9.17) is 0 Å². The predicted octanol–water partition coefficient (Wildman–Crippen LogP) is 2.94. The van der Waals surface area contributed by atoms with Crippen molar-refractivity contribution in [1.82, 2.24) is 14.8 Å². The molecular formula is C24H29N3O2. The van der Waals surface area contributed by atoms with E-state index in [1.165, 1.54) is 11.1 Å². The van der Waals surface area contributed by atoms with Gasteiger partial charge in [0.25, 0.3) is 11.5 Å². The van der Waals surface area contributed by atoms with Crippen molar-refractivity contribution in [2.45, 2.75) is 38.6 Å². The first kappa shape index (κ1) is 18.6. The van der Waals surface area contributed by atoms with Crippen LogP contribution in [-0.2, 0) is 12.8 Å². The molecule has 1 amide bonds. The summed E-state index contributed by atoms with van der Waals surface area (Å²) in [6.45, 7) is 4.63. The van der Waals surface area contributed by atoms with Gasteiger partial charge >= 0.3 is 0 Å². The summed E-state index contributed by atoms with van der Waals surface area (Å²) in [5.41, 5.74) is 4.95. The molecule has 0 spiro atoms. The minimum Gasteiger partial charge on any atom is -0.338 e. The van der Waals surface area contributed by atoms with E-state index in [0.29, 0.717) is 23.4 Å². The fourth-order valence-corrected chi connectivity index (χ4v) is 5.81. The quantitative estimate of drug-likeness (QED) is 0.856. The van der Waals surface area contributed by atoms with Gasteiger partial charge in [0.15, 0.2) is 0 Å². The maximum absolute atomic E-state index is 13.3. The van der Waals surface area contributed by atoms with E-state index in [-0.39, 0.29) is 11.5 Å². The van der Waals surface area contributed by atoms with E-state index < -0.39 is 0 Å². The number of likely N-dealkylation sites (tertiary alicyclic amines) is 2. The largest absolute Gasteiger partial charge is 0.338 e. The van der Waals surface area contributed by atoms with Crippen molar-refractivity contribution >= 4 is 5.91 Å². The number of hydrogen-bond donors (Lipinski definition) is 1. The van der Waals surface area contributed by atoms with Gasteiger partial charge in [0, 0.05) is 37.3 Å². The number of carbonyl (C=O) groups is 1. The van der Waals surface area contributed by atoms with Gasteiger partial charge in [-0.25, -0.2) is 0 Å². The number of hydrogen-bond acceptors (Lipinski definition) is 3. The molecule has 5 rings (SSSR count). The number of aromatic nitrogens is 1. The zero-order valence-corrected chi connectivity index (χ0v) is 17.3. The Morgan fingerprint density at radius 2 is 1.90 bits per heavy atom. The molecule has 5 nitrogen and oxygen atoms in total. The second kappa shape index (κ2) is 7.13. The van der Waals surface area contributed by atoms with Gasteiger partial charge in [0.05, 0.1) is 0 Å². The van der Waals surface area contributed by atoms with Crippen LogP contribution < -0.4 is 5.56 Å². The lowest BCUT2D eigenvalue weighted by Crippen LogP contribution is -2.36. The zero-order chi connectivity index (χ0) is 20.1. The highest BCUT2D eigenvalue weighted by Crippen LogP contribution is 2.45. The lowest BCUT2D eigenvalue weighted by Gasteiger charge is -2.28. The van der Waals surface area contributed by atoms with E-state index in [9.17, 15) is 9.59 Å². The van der Waals surface area contributed by atoms with Crippen molar-refractivity contribution in [3.63, 3.8) is 0 Å². The number of benzene rings is 1. The van der Waals surface area contributed by atoms with Crippen molar-refractivity contribution in [2.24, 2.45) is 11.8 Å². The average molecular weight is 392 g/mol. The Morgan fingerprint density at radius 3 is 2.72 bits per heavy atom. The monoisotopic (exact) mass is 391 g/mol. The fraction of sp³-hybridized carbons (Fsp3) is 0.500. The first-order valence-corrected chi connectivity index (χ1v) is 10.8. The molecule has 0 bridgehead atoms. The van der Waals surface area contributed by atoms with Crippen LogP contribution in [0.15, 0.2) is 35.1 Å². The van der Waals surface area contributed by atoms with Gasteiger partial charge in [-0.05, 0) is 68.3 Å². The molecule has 2 saturated heterocycles. The molecule has 2 aromatic rings. The summed E-state index contributed by atoms with van der Waals surface area (Å²) in [4.78, 5) is 33.2.